The van der Waals surface area contributed by atoms with Crippen LogP contribution in [0.25, 0.3) is 0 Å². The van der Waals surface area contributed by atoms with Crippen LogP contribution in [-0.2, 0) is 4.79 Å². The zero-order valence-corrected chi connectivity index (χ0v) is 12.0. The fourth-order valence-corrected chi connectivity index (χ4v) is 2.04. The number of carboxylic acids is 1. The minimum Gasteiger partial charge on any atom is -0.550 e. The molecule has 1 aromatic rings. The van der Waals surface area contributed by atoms with Crippen LogP contribution in [0.2, 0.25) is 5.02 Å². The van der Waals surface area contributed by atoms with Crippen LogP contribution < -0.4 is 5.11 Å². The van der Waals surface area contributed by atoms with Crippen molar-refractivity contribution in [3.05, 3.63) is 34.9 Å². The molecule has 3 heteroatoms. The van der Waals surface area contributed by atoms with E-state index in [2.05, 4.69) is 6.92 Å². The Kier molecular flexibility index (Phi) is 5.21. The predicted molar refractivity (Wildman–Crippen MR) is 72.5 cm³/mol. The van der Waals surface area contributed by atoms with E-state index in [-0.39, 0.29) is 0 Å². The molecule has 0 saturated heterocycles. The molecule has 2 nitrogen and oxygen atoms in total. The minimum absolute atomic E-state index is 0.417. The first-order valence-electron chi connectivity index (χ1n) is 6.30. The van der Waals surface area contributed by atoms with Gasteiger partial charge in [0.2, 0.25) is 0 Å². The van der Waals surface area contributed by atoms with Gasteiger partial charge in [0, 0.05) is 16.4 Å². The third-order valence-corrected chi connectivity index (χ3v) is 3.68. The van der Waals surface area contributed by atoms with Crippen LogP contribution in [-0.4, -0.2) is 5.97 Å². The Labute approximate surface area is 114 Å². The predicted octanol–water partition coefficient (Wildman–Crippen LogP) is 3.39. The van der Waals surface area contributed by atoms with E-state index in [1.54, 1.807) is 13.8 Å². The molecule has 100 valence electrons. The van der Waals surface area contributed by atoms with Gasteiger partial charge in [-0.05, 0) is 36.5 Å². The molecule has 0 amide bonds. The topological polar surface area (TPSA) is 40.1 Å². The van der Waals surface area contributed by atoms with Gasteiger partial charge in [-0.15, -0.1) is 0 Å². The fraction of sp³-hybridized carbons (Fsp3) is 0.533. The maximum Gasteiger partial charge on any atom is 0.0470 e. The lowest BCUT2D eigenvalue weighted by Crippen LogP contribution is -2.37. The Hall–Kier alpha value is -1.02. The van der Waals surface area contributed by atoms with Crippen LogP contribution in [0.4, 0.5) is 0 Å². The van der Waals surface area contributed by atoms with Gasteiger partial charge in [-0.3, -0.25) is 0 Å². The third kappa shape index (κ3) is 4.34. The highest BCUT2D eigenvalue weighted by Crippen LogP contribution is 2.27. The van der Waals surface area contributed by atoms with Gasteiger partial charge in [0.05, 0.1) is 0 Å². The highest BCUT2D eigenvalue weighted by atomic mass is 35.5. The van der Waals surface area contributed by atoms with Crippen molar-refractivity contribution in [2.75, 3.05) is 0 Å². The molecule has 0 radical (unpaired) electrons. The maximum atomic E-state index is 10.9. The summed E-state index contributed by atoms with van der Waals surface area (Å²) in [5, 5.41) is 11.6. The molecule has 0 aliphatic heterocycles. The van der Waals surface area contributed by atoms with Crippen molar-refractivity contribution in [3.8, 4) is 0 Å². The maximum absolute atomic E-state index is 10.9. The molecule has 0 bridgehead atoms. The van der Waals surface area contributed by atoms with E-state index in [0.717, 1.165) is 17.9 Å². The average molecular weight is 268 g/mol. The lowest BCUT2D eigenvalue weighted by molar-refractivity contribution is -0.317. The van der Waals surface area contributed by atoms with Gasteiger partial charge in [0.1, 0.15) is 0 Å². The summed E-state index contributed by atoms with van der Waals surface area (Å²) in [4.78, 5) is 10.9. The molecule has 0 spiro atoms. The normalized spacial score (nSPS) is 13.3. The Bertz CT molecular complexity index is 395. The smallest absolute Gasteiger partial charge is 0.0470 e. The number of halogens is 1. The van der Waals surface area contributed by atoms with Gasteiger partial charge in [-0.2, -0.15) is 0 Å². The largest absolute Gasteiger partial charge is 0.550 e. The van der Waals surface area contributed by atoms with Gasteiger partial charge in [0.15, 0.2) is 0 Å². The molecular weight excluding hydrogens is 248 g/mol. The van der Waals surface area contributed by atoms with Gasteiger partial charge in [-0.25, -0.2) is 0 Å². The van der Waals surface area contributed by atoms with E-state index in [4.69, 9.17) is 11.6 Å². The van der Waals surface area contributed by atoms with E-state index >= 15 is 0 Å². The molecule has 18 heavy (non-hydrogen) atoms. The van der Waals surface area contributed by atoms with Crippen molar-refractivity contribution in [1.82, 2.24) is 0 Å². The molecule has 1 unspecified atom stereocenters. The first-order valence-corrected chi connectivity index (χ1v) is 6.67. The number of benzene rings is 1. The van der Waals surface area contributed by atoms with Crippen molar-refractivity contribution < 1.29 is 9.90 Å². The second-order valence-corrected chi connectivity index (χ2v) is 5.95. The monoisotopic (exact) mass is 267 g/mol. The van der Waals surface area contributed by atoms with E-state index in [1.165, 1.54) is 5.56 Å². The number of carbonyl (C=O) groups excluding carboxylic acids is 1. The number of hydrogen-bond donors (Lipinski definition) is 0. The number of hydrogen-bond acceptors (Lipinski definition) is 2. The van der Waals surface area contributed by atoms with Gasteiger partial charge in [0.25, 0.3) is 0 Å². The molecular formula is C15H20ClO2-. The average Bonchev–Trinajstić information content (AvgIpc) is 2.29. The lowest BCUT2D eigenvalue weighted by atomic mass is 9.85. The second-order valence-electron chi connectivity index (χ2n) is 5.52. The van der Waals surface area contributed by atoms with E-state index in [9.17, 15) is 9.90 Å². The third-order valence-electron chi connectivity index (χ3n) is 3.43. The SMILES string of the molecule is CC(CCCC(C)(C)C(=O)[O-])c1ccc(Cl)cc1. The molecule has 1 aromatic carbocycles. The van der Waals surface area contributed by atoms with Gasteiger partial charge >= 0.3 is 0 Å². The van der Waals surface area contributed by atoms with Crippen molar-refractivity contribution in [1.29, 1.82) is 0 Å². The van der Waals surface area contributed by atoms with E-state index in [1.807, 2.05) is 24.3 Å². The first-order chi connectivity index (χ1) is 8.33. The van der Waals surface area contributed by atoms with Gasteiger partial charge < -0.3 is 9.90 Å². The quantitative estimate of drug-likeness (QED) is 0.793. The molecule has 0 aliphatic carbocycles. The molecule has 1 rings (SSSR count). The second kappa shape index (κ2) is 6.24. The van der Waals surface area contributed by atoms with Crippen LogP contribution >= 0.6 is 11.6 Å². The van der Waals surface area contributed by atoms with Crippen LogP contribution in [0.15, 0.2) is 24.3 Å². The summed E-state index contributed by atoms with van der Waals surface area (Å²) in [5.74, 6) is -0.554. The standard InChI is InChI=1S/C15H21ClO2/c1-11(12-6-8-13(16)9-7-12)5-4-10-15(2,3)14(17)18/h6-9,11H,4-5,10H2,1-3H3,(H,17,18)/p-1. The number of aliphatic carboxylic acids is 1. The summed E-state index contributed by atoms with van der Waals surface area (Å²) in [6.45, 7) is 5.58. The highest BCUT2D eigenvalue weighted by molar-refractivity contribution is 6.30. The summed E-state index contributed by atoms with van der Waals surface area (Å²) in [5.41, 5.74) is 0.505. The van der Waals surface area contributed by atoms with Crippen molar-refractivity contribution in [3.63, 3.8) is 0 Å². The Morgan fingerprint density at radius 2 is 1.89 bits per heavy atom. The van der Waals surface area contributed by atoms with Gasteiger partial charge in [-0.1, -0.05) is 50.9 Å². The van der Waals surface area contributed by atoms with Crippen LogP contribution in [0.5, 0.6) is 0 Å². The number of carboxylic acid groups (broad SMARTS) is 1. The molecule has 0 N–H and O–H groups in total. The summed E-state index contributed by atoms with van der Waals surface area (Å²) >= 11 is 5.84. The van der Waals surface area contributed by atoms with Crippen molar-refractivity contribution >= 4 is 17.6 Å². The summed E-state index contributed by atoms with van der Waals surface area (Å²) in [6.07, 6.45) is 2.50. The molecule has 0 fully saturated rings. The highest BCUT2D eigenvalue weighted by Gasteiger charge is 2.19. The summed E-state index contributed by atoms with van der Waals surface area (Å²) in [7, 11) is 0. The molecule has 0 saturated carbocycles. The lowest BCUT2D eigenvalue weighted by Gasteiger charge is -2.26. The van der Waals surface area contributed by atoms with E-state index in [0.29, 0.717) is 12.3 Å². The number of rotatable bonds is 6. The van der Waals surface area contributed by atoms with Crippen LogP contribution in [0, 0.1) is 5.41 Å². The zero-order valence-electron chi connectivity index (χ0n) is 11.2. The van der Waals surface area contributed by atoms with Crippen LogP contribution in [0.1, 0.15) is 51.5 Å². The number of carbonyl (C=O) groups is 1. The van der Waals surface area contributed by atoms with Crippen molar-refractivity contribution in [2.24, 2.45) is 5.41 Å². The van der Waals surface area contributed by atoms with E-state index < -0.39 is 11.4 Å². The zero-order chi connectivity index (χ0) is 13.8. The molecule has 1 atom stereocenters. The molecule has 0 aliphatic rings. The molecule has 0 aromatic heterocycles. The summed E-state index contributed by atoms with van der Waals surface area (Å²) in [6, 6.07) is 7.82. The molecule has 0 heterocycles. The fourth-order valence-electron chi connectivity index (χ4n) is 1.91. The summed E-state index contributed by atoms with van der Waals surface area (Å²) < 4.78 is 0. The first kappa shape index (κ1) is 15.0. The minimum atomic E-state index is -0.971. The Morgan fingerprint density at radius 3 is 2.39 bits per heavy atom. The van der Waals surface area contributed by atoms with Crippen LogP contribution in [0.3, 0.4) is 0 Å². The Morgan fingerprint density at radius 1 is 1.33 bits per heavy atom. The van der Waals surface area contributed by atoms with Crippen molar-refractivity contribution in [2.45, 2.75) is 46.0 Å². The Balaban J connectivity index is 2.45.